The molecule has 2 nitrogen and oxygen atoms in total. The average molecular weight is 208 g/mol. The first kappa shape index (κ1) is 10.7. The molecule has 0 unspecified atom stereocenters. The fourth-order valence-corrected chi connectivity index (χ4v) is 3.02. The number of rotatable bonds is 2. The first-order chi connectivity index (χ1) is 7.33. The van der Waals surface area contributed by atoms with Crippen LogP contribution in [0.5, 0.6) is 0 Å². The molecule has 1 fully saturated rings. The van der Waals surface area contributed by atoms with Crippen LogP contribution < -0.4 is 0 Å². The lowest BCUT2D eigenvalue weighted by molar-refractivity contribution is -0.151. The summed E-state index contributed by atoms with van der Waals surface area (Å²) < 4.78 is 5.16. The van der Waals surface area contributed by atoms with E-state index in [1.54, 1.807) is 0 Å². The molecule has 2 aliphatic carbocycles. The molecule has 0 aromatic heterocycles. The van der Waals surface area contributed by atoms with Gasteiger partial charge in [0.05, 0.1) is 12.5 Å². The van der Waals surface area contributed by atoms with Crippen LogP contribution >= 0.6 is 0 Å². The Bertz CT molecular complexity index is 257. The van der Waals surface area contributed by atoms with Gasteiger partial charge in [-0.3, -0.25) is 4.79 Å². The van der Waals surface area contributed by atoms with Crippen molar-refractivity contribution in [3.63, 3.8) is 0 Å². The van der Waals surface area contributed by atoms with E-state index in [1.165, 1.54) is 25.7 Å². The minimum atomic E-state index is 0.0266. The van der Waals surface area contributed by atoms with Crippen LogP contribution in [0.15, 0.2) is 12.2 Å². The van der Waals surface area contributed by atoms with Gasteiger partial charge in [-0.1, -0.05) is 25.0 Å². The van der Waals surface area contributed by atoms with Crippen LogP contribution in [0.2, 0.25) is 0 Å². The highest BCUT2D eigenvalue weighted by atomic mass is 16.5. The maximum atomic E-state index is 11.8. The maximum Gasteiger partial charge on any atom is 0.309 e. The van der Waals surface area contributed by atoms with Gasteiger partial charge in [-0.15, -0.1) is 0 Å². The zero-order valence-corrected chi connectivity index (χ0v) is 9.45. The second-order valence-electron chi connectivity index (χ2n) is 4.63. The summed E-state index contributed by atoms with van der Waals surface area (Å²) in [6, 6.07) is 0. The van der Waals surface area contributed by atoms with Gasteiger partial charge in [-0.2, -0.15) is 0 Å². The predicted octanol–water partition coefficient (Wildman–Crippen LogP) is 2.93. The van der Waals surface area contributed by atoms with Gasteiger partial charge in [0.15, 0.2) is 0 Å². The summed E-state index contributed by atoms with van der Waals surface area (Å²) in [7, 11) is 0. The van der Waals surface area contributed by atoms with Crippen molar-refractivity contribution in [2.24, 2.45) is 17.8 Å². The molecule has 0 aromatic carbocycles. The summed E-state index contributed by atoms with van der Waals surface area (Å²) in [5.41, 5.74) is 0. The Morgan fingerprint density at radius 3 is 3.00 bits per heavy atom. The van der Waals surface area contributed by atoms with E-state index in [4.69, 9.17) is 4.74 Å². The molecular formula is C13H20O2. The van der Waals surface area contributed by atoms with Crippen LogP contribution in [0.3, 0.4) is 0 Å². The largest absolute Gasteiger partial charge is 0.466 e. The first-order valence-electron chi connectivity index (χ1n) is 6.16. The van der Waals surface area contributed by atoms with Crippen LogP contribution in [0.1, 0.15) is 39.0 Å². The standard InChI is InChI=1S/C13H20O2/c1-2-15-13(14)12-9-5-7-10-6-3-4-8-11(10)12/h5,7,10-12H,2-4,6,8-9H2,1H3/t10-,11-,12+/m1/s1. The molecule has 3 atom stereocenters. The van der Waals surface area contributed by atoms with Crippen molar-refractivity contribution in [1.82, 2.24) is 0 Å². The number of fused-ring (bicyclic) bond motifs is 1. The van der Waals surface area contributed by atoms with Crippen molar-refractivity contribution in [3.05, 3.63) is 12.2 Å². The topological polar surface area (TPSA) is 26.3 Å². The van der Waals surface area contributed by atoms with Gasteiger partial charge in [0.1, 0.15) is 0 Å². The molecule has 0 saturated heterocycles. The zero-order valence-electron chi connectivity index (χ0n) is 9.45. The molecule has 2 aliphatic rings. The highest BCUT2D eigenvalue weighted by Crippen LogP contribution is 2.40. The summed E-state index contributed by atoms with van der Waals surface area (Å²) in [4.78, 5) is 11.8. The van der Waals surface area contributed by atoms with Crippen molar-refractivity contribution in [3.8, 4) is 0 Å². The lowest BCUT2D eigenvalue weighted by atomic mass is 9.68. The quantitative estimate of drug-likeness (QED) is 0.515. The van der Waals surface area contributed by atoms with Crippen molar-refractivity contribution in [2.75, 3.05) is 6.61 Å². The van der Waals surface area contributed by atoms with Gasteiger partial charge in [0, 0.05) is 0 Å². The van der Waals surface area contributed by atoms with Crippen LogP contribution in [0.25, 0.3) is 0 Å². The van der Waals surface area contributed by atoms with E-state index >= 15 is 0 Å². The third-order valence-corrected chi connectivity index (χ3v) is 3.75. The lowest BCUT2D eigenvalue weighted by Crippen LogP contribution is -2.34. The van der Waals surface area contributed by atoms with Crippen LogP contribution in [0, 0.1) is 17.8 Å². The molecule has 0 aromatic rings. The van der Waals surface area contributed by atoms with Gasteiger partial charge in [-0.05, 0) is 38.0 Å². The SMILES string of the molecule is CCOC(=O)[C@H]1CC=C[C@H]2CCCC[C@@H]12. The Morgan fingerprint density at radius 1 is 1.40 bits per heavy atom. The summed E-state index contributed by atoms with van der Waals surface area (Å²) >= 11 is 0. The predicted molar refractivity (Wildman–Crippen MR) is 59.3 cm³/mol. The molecule has 0 spiro atoms. The summed E-state index contributed by atoms with van der Waals surface area (Å²) in [6.07, 6.45) is 10.5. The average Bonchev–Trinajstić information content (AvgIpc) is 2.28. The van der Waals surface area contributed by atoms with Gasteiger partial charge in [0.25, 0.3) is 0 Å². The Balaban J connectivity index is 2.05. The number of carbonyl (C=O) groups is 1. The monoisotopic (exact) mass is 208 g/mol. The Hall–Kier alpha value is -0.790. The van der Waals surface area contributed by atoms with E-state index in [2.05, 4.69) is 12.2 Å². The molecular weight excluding hydrogens is 188 g/mol. The minimum absolute atomic E-state index is 0.0266. The Kier molecular flexibility index (Phi) is 3.45. The molecule has 1 saturated carbocycles. The van der Waals surface area contributed by atoms with Crippen molar-refractivity contribution < 1.29 is 9.53 Å². The molecule has 15 heavy (non-hydrogen) atoms. The number of allylic oxidation sites excluding steroid dienone is 2. The molecule has 0 aliphatic heterocycles. The Morgan fingerprint density at radius 2 is 2.20 bits per heavy atom. The molecule has 0 radical (unpaired) electrons. The van der Waals surface area contributed by atoms with Gasteiger partial charge < -0.3 is 4.74 Å². The van der Waals surface area contributed by atoms with Crippen molar-refractivity contribution >= 4 is 5.97 Å². The molecule has 2 rings (SSSR count). The van der Waals surface area contributed by atoms with E-state index < -0.39 is 0 Å². The smallest absolute Gasteiger partial charge is 0.309 e. The van der Waals surface area contributed by atoms with Crippen molar-refractivity contribution in [2.45, 2.75) is 39.0 Å². The molecule has 0 amide bonds. The fraction of sp³-hybridized carbons (Fsp3) is 0.769. The molecule has 2 heteroatoms. The molecule has 0 bridgehead atoms. The summed E-state index contributed by atoms with van der Waals surface area (Å²) in [5.74, 6) is 1.36. The molecule has 84 valence electrons. The van der Waals surface area contributed by atoms with Crippen LogP contribution in [-0.4, -0.2) is 12.6 Å². The summed E-state index contributed by atoms with van der Waals surface area (Å²) in [6.45, 7) is 2.39. The van der Waals surface area contributed by atoms with E-state index in [0.717, 1.165) is 6.42 Å². The van der Waals surface area contributed by atoms with Crippen LogP contribution in [-0.2, 0) is 9.53 Å². The maximum absolute atomic E-state index is 11.8. The molecule has 0 heterocycles. The highest BCUT2D eigenvalue weighted by Gasteiger charge is 2.36. The summed E-state index contributed by atoms with van der Waals surface area (Å²) in [5, 5.41) is 0. The number of carbonyl (C=O) groups excluding carboxylic acids is 1. The number of hydrogen-bond donors (Lipinski definition) is 0. The third kappa shape index (κ3) is 2.24. The number of esters is 1. The zero-order chi connectivity index (χ0) is 10.7. The highest BCUT2D eigenvalue weighted by molar-refractivity contribution is 5.73. The second-order valence-corrected chi connectivity index (χ2v) is 4.63. The lowest BCUT2D eigenvalue weighted by Gasteiger charge is -2.36. The number of ether oxygens (including phenoxy) is 1. The van der Waals surface area contributed by atoms with Gasteiger partial charge in [0.2, 0.25) is 0 Å². The normalized spacial score (nSPS) is 34.6. The third-order valence-electron chi connectivity index (χ3n) is 3.75. The fourth-order valence-electron chi connectivity index (χ4n) is 3.02. The molecule has 0 N–H and O–H groups in total. The van der Waals surface area contributed by atoms with E-state index in [0.29, 0.717) is 18.4 Å². The van der Waals surface area contributed by atoms with E-state index in [9.17, 15) is 4.79 Å². The van der Waals surface area contributed by atoms with Gasteiger partial charge in [-0.25, -0.2) is 0 Å². The minimum Gasteiger partial charge on any atom is -0.466 e. The van der Waals surface area contributed by atoms with E-state index in [1.807, 2.05) is 6.92 Å². The number of hydrogen-bond acceptors (Lipinski definition) is 2. The second kappa shape index (κ2) is 4.82. The van der Waals surface area contributed by atoms with E-state index in [-0.39, 0.29) is 11.9 Å². The van der Waals surface area contributed by atoms with Crippen molar-refractivity contribution in [1.29, 1.82) is 0 Å². The first-order valence-corrected chi connectivity index (χ1v) is 6.16. The van der Waals surface area contributed by atoms with Gasteiger partial charge >= 0.3 is 5.97 Å². The Labute approximate surface area is 91.7 Å². The van der Waals surface area contributed by atoms with Crippen LogP contribution in [0.4, 0.5) is 0 Å².